The smallest absolute Gasteiger partial charge is 0.271 e. The van der Waals surface area contributed by atoms with Crippen molar-refractivity contribution < 1.29 is 9.53 Å². The third-order valence-corrected chi connectivity index (χ3v) is 7.96. The number of nitrogens with zero attached hydrogens (tertiary/aromatic N) is 2. The number of amidine groups is 1. The zero-order valence-electron chi connectivity index (χ0n) is 21.1. The molecule has 0 saturated carbocycles. The van der Waals surface area contributed by atoms with Gasteiger partial charge in [0.25, 0.3) is 5.91 Å². The summed E-state index contributed by atoms with van der Waals surface area (Å²) in [6.07, 6.45) is 1.90. The summed E-state index contributed by atoms with van der Waals surface area (Å²) < 4.78 is 6.30. The summed E-state index contributed by atoms with van der Waals surface area (Å²) in [4.78, 5) is 20.9. The average Bonchev–Trinajstić information content (AvgIpc) is 3.28. The Labute approximate surface area is 246 Å². The van der Waals surface area contributed by atoms with Crippen molar-refractivity contribution in [3.05, 3.63) is 141 Å². The van der Waals surface area contributed by atoms with E-state index in [1.54, 1.807) is 17.0 Å². The maximum absolute atomic E-state index is 13.9. The molecule has 0 aromatic heterocycles. The van der Waals surface area contributed by atoms with Crippen LogP contribution in [0.5, 0.6) is 5.75 Å². The molecule has 0 radical (unpaired) electrons. The van der Waals surface area contributed by atoms with Crippen LogP contribution in [0.2, 0.25) is 10.0 Å². The van der Waals surface area contributed by atoms with E-state index in [1.807, 2.05) is 109 Å². The topological polar surface area (TPSA) is 41.9 Å². The number of amides is 1. The Bertz CT molecular complexity index is 1770. The van der Waals surface area contributed by atoms with Crippen LogP contribution in [0.1, 0.15) is 11.1 Å². The highest BCUT2D eigenvalue weighted by molar-refractivity contribution is 8.19. The standard InChI is InChI=1S/C33H22Cl2N2O2S/c34-24-17-15-23(29(35)19-24)21-39-30-18-16-22-9-7-8-14-27(22)28(30)20-31-32(38)37(26-12-5-2-6-13-26)33(40-31)36-25-10-3-1-4-11-25/h1-20H,21H2/b31-20+,36-33?. The first-order valence-corrected chi connectivity index (χ1v) is 14.2. The van der Waals surface area contributed by atoms with Gasteiger partial charge in [-0.25, -0.2) is 4.99 Å². The molecule has 1 amide bonds. The Morgan fingerprint density at radius 1 is 0.825 bits per heavy atom. The molecule has 40 heavy (non-hydrogen) atoms. The molecule has 0 aliphatic carbocycles. The van der Waals surface area contributed by atoms with Gasteiger partial charge in [0, 0.05) is 21.2 Å². The molecule has 1 aliphatic rings. The van der Waals surface area contributed by atoms with E-state index in [0.29, 0.717) is 25.9 Å². The molecular formula is C33H22Cl2N2O2S. The molecule has 1 saturated heterocycles. The number of fused-ring (bicyclic) bond motifs is 1. The van der Waals surface area contributed by atoms with Gasteiger partial charge in [-0.05, 0) is 71.1 Å². The van der Waals surface area contributed by atoms with E-state index in [2.05, 4.69) is 0 Å². The molecule has 1 aliphatic heterocycles. The van der Waals surface area contributed by atoms with Crippen LogP contribution in [0.25, 0.3) is 16.8 Å². The Hall–Kier alpha value is -4.03. The first-order valence-electron chi connectivity index (χ1n) is 12.6. The van der Waals surface area contributed by atoms with Crippen molar-refractivity contribution in [3.8, 4) is 5.75 Å². The SMILES string of the molecule is O=C1/C(=C\c2c(OCc3ccc(Cl)cc3Cl)ccc3ccccc23)SC(=Nc2ccccc2)N1c1ccccc1. The third-order valence-electron chi connectivity index (χ3n) is 6.41. The molecule has 0 N–H and O–H groups in total. The summed E-state index contributed by atoms with van der Waals surface area (Å²) in [5, 5.41) is 3.71. The summed E-state index contributed by atoms with van der Waals surface area (Å²) in [6.45, 7) is 0.252. The first-order chi connectivity index (χ1) is 19.6. The number of para-hydroxylation sites is 2. The summed E-state index contributed by atoms with van der Waals surface area (Å²) >= 11 is 13.8. The zero-order chi connectivity index (χ0) is 27.5. The molecule has 0 unspecified atom stereocenters. The number of carbonyl (C=O) groups is 1. The normalized spacial score (nSPS) is 15.3. The fraction of sp³-hybridized carbons (Fsp3) is 0.0303. The Morgan fingerprint density at radius 3 is 2.33 bits per heavy atom. The van der Waals surface area contributed by atoms with E-state index in [1.165, 1.54) is 11.8 Å². The average molecular weight is 582 g/mol. The van der Waals surface area contributed by atoms with Gasteiger partial charge >= 0.3 is 0 Å². The monoisotopic (exact) mass is 580 g/mol. The molecule has 1 heterocycles. The van der Waals surface area contributed by atoms with Crippen molar-refractivity contribution in [1.82, 2.24) is 0 Å². The molecule has 196 valence electrons. The van der Waals surface area contributed by atoms with Crippen LogP contribution < -0.4 is 9.64 Å². The van der Waals surface area contributed by atoms with E-state index in [0.717, 1.165) is 33.3 Å². The van der Waals surface area contributed by atoms with Gasteiger partial charge in [-0.1, -0.05) is 96.0 Å². The van der Waals surface area contributed by atoms with Crippen LogP contribution >= 0.6 is 35.0 Å². The summed E-state index contributed by atoms with van der Waals surface area (Å²) in [5.41, 5.74) is 3.16. The number of hydrogen-bond acceptors (Lipinski definition) is 4. The molecule has 6 rings (SSSR count). The molecule has 1 fully saturated rings. The van der Waals surface area contributed by atoms with Crippen LogP contribution in [-0.4, -0.2) is 11.1 Å². The van der Waals surface area contributed by atoms with E-state index in [4.69, 9.17) is 32.9 Å². The third kappa shape index (κ3) is 5.50. The predicted molar refractivity (Wildman–Crippen MR) is 168 cm³/mol. The van der Waals surface area contributed by atoms with Crippen molar-refractivity contribution in [1.29, 1.82) is 0 Å². The number of halogens is 2. The highest BCUT2D eigenvalue weighted by Crippen LogP contribution is 2.40. The van der Waals surface area contributed by atoms with Gasteiger partial charge < -0.3 is 4.74 Å². The number of benzene rings is 5. The maximum Gasteiger partial charge on any atom is 0.271 e. The van der Waals surface area contributed by atoms with Crippen LogP contribution in [-0.2, 0) is 11.4 Å². The quantitative estimate of drug-likeness (QED) is 0.188. The van der Waals surface area contributed by atoms with Crippen molar-refractivity contribution >= 4 is 74.3 Å². The van der Waals surface area contributed by atoms with E-state index in [-0.39, 0.29) is 12.5 Å². The number of ether oxygens (including phenoxy) is 1. The van der Waals surface area contributed by atoms with E-state index < -0.39 is 0 Å². The molecular weight excluding hydrogens is 559 g/mol. The molecule has 5 aromatic rings. The maximum atomic E-state index is 13.9. The number of hydrogen-bond donors (Lipinski definition) is 0. The Morgan fingerprint density at radius 2 is 1.55 bits per heavy atom. The van der Waals surface area contributed by atoms with Gasteiger partial charge in [0.2, 0.25) is 0 Å². The molecule has 4 nitrogen and oxygen atoms in total. The lowest BCUT2D eigenvalue weighted by molar-refractivity contribution is -0.113. The second kappa shape index (κ2) is 11.6. The molecule has 5 aromatic carbocycles. The molecule has 0 bridgehead atoms. The summed E-state index contributed by atoms with van der Waals surface area (Å²) in [6, 6.07) is 36.5. The van der Waals surface area contributed by atoms with Crippen molar-refractivity contribution in [3.63, 3.8) is 0 Å². The largest absolute Gasteiger partial charge is 0.488 e. The lowest BCUT2D eigenvalue weighted by Gasteiger charge is -2.15. The van der Waals surface area contributed by atoms with Crippen molar-refractivity contribution in [2.45, 2.75) is 6.61 Å². The van der Waals surface area contributed by atoms with Crippen LogP contribution in [0.3, 0.4) is 0 Å². The van der Waals surface area contributed by atoms with Gasteiger partial charge in [0.05, 0.1) is 16.3 Å². The van der Waals surface area contributed by atoms with Gasteiger partial charge in [0.1, 0.15) is 12.4 Å². The summed E-state index contributed by atoms with van der Waals surface area (Å²) in [5.74, 6) is 0.496. The van der Waals surface area contributed by atoms with Crippen molar-refractivity contribution in [2.24, 2.45) is 4.99 Å². The number of anilines is 1. The van der Waals surface area contributed by atoms with E-state index in [9.17, 15) is 4.79 Å². The van der Waals surface area contributed by atoms with Crippen LogP contribution in [0, 0.1) is 0 Å². The molecule has 0 spiro atoms. The van der Waals surface area contributed by atoms with Gasteiger partial charge in [0.15, 0.2) is 5.17 Å². The minimum Gasteiger partial charge on any atom is -0.488 e. The first kappa shape index (κ1) is 26.2. The Balaban J connectivity index is 1.43. The minimum absolute atomic E-state index is 0.148. The Kier molecular flexibility index (Phi) is 7.60. The molecule has 7 heteroatoms. The summed E-state index contributed by atoms with van der Waals surface area (Å²) in [7, 11) is 0. The van der Waals surface area contributed by atoms with Gasteiger partial charge in [-0.15, -0.1) is 0 Å². The van der Waals surface area contributed by atoms with Gasteiger partial charge in [-0.2, -0.15) is 0 Å². The van der Waals surface area contributed by atoms with Crippen LogP contribution in [0.4, 0.5) is 11.4 Å². The van der Waals surface area contributed by atoms with Gasteiger partial charge in [-0.3, -0.25) is 9.69 Å². The van der Waals surface area contributed by atoms with Crippen LogP contribution in [0.15, 0.2) is 125 Å². The predicted octanol–water partition coefficient (Wildman–Crippen LogP) is 9.53. The van der Waals surface area contributed by atoms with Crippen molar-refractivity contribution in [2.75, 3.05) is 4.90 Å². The highest BCUT2D eigenvalue weighted by Gasteiger charge is 2.35. The molecule has 0 atom stereocenters. The second-order valence-electron chi connectivity index (χ2n) is 9.04. The number of rotatable bonds is 6. The minimum atomic E-state index is -0.148. The zero-order valence-corrected chi connectivity index (χ0v) is 23.5. The fourth-order valence-electron chi connectivity index (χ4n) is 4.44. The highest BCUT2D eigenvalue weighted by atomic mass is 35.5. The number of thioether (sulfide) groups is 1. The number of aliphatic imine (C=N–C) groups is 1. The lowest BCUT2D eigenvalue weighted by atomic mass is 10.0. The lowest BCUT2D eigenvalue weighted by Crippen LogP contribution is -2.28. The fourth-order valence-corrected chi connectivity index (χ4v) is 5.89. The number of carbonyl (C=O) groups excluding carboxylic acids is 1. The van der Waals surface area contributed by atoms with E-state index >= 15 is 0 Å². The second-order valence-corrected chi connectivity index (χ2v) is 10.9.